The molecule has 2 aliphatic heterocycles. The molecule has 1 aromatic carbocycles. The van der Waals surface area contributed by atoms with E-state index < -0.39 is 0 Å². The smallest absolute Gasteiger partial charge is 0.196 e. The van der Waals surface area contributed by atoms with E-state index in [0.717, 1.165) is 12.5 Å². The SMILES string of the molecule is Cc1cccc(N2C(N)=NCC2C2CCSC2)c1. The number of nitrogens with zero attached hydrogens (tertiary/aromatic N) is 2. The monoisotopic (exact) mass is 261 g/mol. The van der Waals surface area contributed by atoms with Gasteiger partial charge in [0.25, 0.3) is 0 Å². The number of hydrogen-bond donors (Lipinski definition) is 1. The number of guanidine groups is 1. The van der Waals surface area contributed by atoms with Gasteiger partial charge in [-0.05, 0) is 48.5 Å². The van der Waals surface area contributed by atoms with Crippen LogP contribution >= 0.6 is 11.8 Å². The molecular weight excluding hydrogens is 242 g/mol. The van der Waals surface area contributed by atoms with Gasteiger partial charge in [-0.3, -0.25) is 4.99 Å². The predicted octanol–water partition coefficient (Wildman–Crippen LogP) is 2.25. The molecule has 2 unspecified atom stereocenters. The van der Waals surface area contributed by atoms with Crippen LogP contribution in [0.25, 0.3) is 0 Å². The molecule has 1 saturated heterocycles. The van der Waals surface area contributed by atoms with E-state index in [1.54, 1.807) is 0 Å². The fraction of sp³-hybridized carbons (Fsp3) is 0.500. The van der Waals surface area contributed by atoms with Crippen LogP contribution in [0.3, 0.4) is 0 Å². The van der Waals surface area contributed by atoms with Gasteiger partial charge < -0.3 is 10.6 Å². The van der Waals surface area contributed by atoms with E-state index in [-0.39, 0.29) is 0 Å². The Bertz CT molecular complexity index is 466. The molecule has 2 aliphatic rings. The van der Waals surface area contributed by atoms with Gasteiger partial charge in [0, 0.05) is 5.69 Å². The van der Waals surface area contributed by atoms with Crippen molar-refractivity contribution in [1.29, 1.82) is 0 Å². The van der Waals surface area contributed by atoms with Crippen LogP contribution in [0.1, 0.15) is 12.0 Å². The van der Waals surface area contributed by atoms with Crippen molar-refractivity contribution in [3.05, 3.63) is 29.8 Å². The molecule has 0 bridgehead atoms. The number of nitrogens with two attached hydrogens (primary N) is 1. The third-order valence-electron chi connectivity index (χ3n) is 3.81. The average molecular weight is 261 g/mol. The molecule has 0 saturated carbocycles. The minimum Gasteiger partial charge on any atom is -0.370 e. The number of benzene rings is 1. The first-order valence-corrected chi connectivity index (χ1v) is 7.65. The molecule has 0 amide bonds. The Morgan fingerprint density at radius 2 is 2.33 bits per heavy atom. The van der Waals surface area contributed by atoms with Crippen LogP contribution in [0.15, 0.2) is 29.3 Å². The van der Waals surface area contributed by atoms with Crippen molar-refractivity contribution >= 4 is 23.4 Å². The molecule has 2 atom stereocenters. The molecule has 3 nitrogen and oxygen atoms in total. The highest BCUT2D eigenvalue weighted by molar-refractivity contribution is 7.99. The zero-order valence-corrected chi connectivity index (χ0v) is 11.5. The maximum atomic E-state index is 6.09. The molecule has 2 N–H and O–H groups in total. The number of aryl methyl sites for hydroxylation is 1. The Kier molecular flexibility index (Phi) is 3.20. The minimum absolute atomic E-state index is 0.460. The summed E-state index contributed by atoms with van der Waals surface area (Å²) < 4.78 is 0. The van der Waals surface area contributed by atoms with Crippen molar-refractivity contribution in [2.24, 2.45) is 16.6 Å². The molecule has 3 rings (SSSR count). The molecule has 96 valence electrons. The van der Waals surface area contributed by atoms with Gasteiger partial charge in [0.1, 0.15) is 0 Å². The fourth-order valence-electron chi connectivity index (χ4n) is 2.83. The van der Waals surface area contributed by atoms with Crippen LogP contribution in [0.4, 0.5) is 5.69 Å². The first-order chi connectivity index (χ1) is 8.75. The first-order valence-electron chi connectivity index (χ1n) is 6.49. The number of hydrogen-bond acceptors (Lipinski definition) is 4. The highest BCUT2D eigenvalue weighted by atomic mass is 32.2. The summed E-state index contributed by atoms with van der Waals surface area (Å²) in [7, 11) is 0. The van der Waals surface area contributed by atoms with Crippen LogP contribution in [0, 0.1) is 12.8 Å². The summed E-state index contributed by atoms with van der Waals surface area (Å²) in [5, 5.41) is 0. The van der Waals surface area contributed by atoms with E-state index in [0.29, 0.717) is 12.0 Å². The fourth-order valence-corrected chi connectivity index (χ4v) is 4.16. The molecule has 0 aromatic heterocycles. The van der Waals surface area contributed by atoms with Gasteiger partial charge in [-0.1, -0.05) is 12.1 Å². The molecule has 4 heteroatoms. The molecule has 1 aromatic rings. The van der Waals surface area contributed by atoms with Gasteiger partial charge in [-0.2, -0.15) is 11.8 Å². The van der Waals surface area contributed by atoms with Crippen LogP contribution in [0.2, 0.25) is 0 Å². The molecule has 1 fully saturated rings. The van der Waals surface area contributed by atoms with E-state index in [1.807, 2.05) is 0 Å². The third-order valence-corrected chi connectivity index (χ3v) is 5.00. The van der Waals surface area contributed by atoms with Crippen molar-refractivity contribution < 1.29 is 0 Å². The lowest BCUT2D eigenvalue weighted by atomic mass is 9.98. The van der Waals surface area contributed by atoms with Crippen LogP contribution in [-0.4, -0.2) is 30.1 Å². The van der Waals surface area contributed by atoms with Crippen molar-refractivity contribution in [3.8, 4) is 0 Å². The van der Waals surface area contributed by atoms with Crippen molar-refractivity contribution in [3.63, 3.8) is 0 Å². The average Bonchev–Trinajstić information content (AvgIpc) is 2.97. The van der Waals surface area contributed by atoms with Gasteiger partial charge in [0.2, 0.25) is 0 Å². The van der Waals surface area contributed by atoms with Gasteiger partial charge in [0.05, 0.1) is 12.6 Å². The zero-order chi connectivity index (χ0) is 12.5. The maximum Gasteiger partial charge on any atom is 0.196 e. The second-order valence-electron chi connectivity index (χ2n) is 5.10. The molecule has 18 heavy (non-hydrogen) atoms. The van der Waals surface area contributed by atoms with E-state index in [4.69, 9.17) is 5.73 Å². The lowest BCUT2D eigenvalue weighted by Gasteiger charge is -2.30. The van der Waals surface area contributed by atoms with E-state index in [2.05, 4.69) is 52.8 Å². The topological polar surface area (TPSA) is 41.6 Å². The van der Waals surface area contributed by atoms with Crippen molar-refractivity contribution in [2.45, 2.75) is 19.4 Å². The summed E-state index contributed by atoms with van der Waals surface area (Å²) >= 11 is 2.05. The standard InChI is InChI=1S/C14H19N3S/c1-10-3-2-4-12(7-10)17-13(8-16-14(17)15)11-5-6-18-9-11/h2-4,7,11,13H,5-6,8-9H2,1H3,(H2,15,16). The first kappa shape index (κ1) is 11.9. The minimum atomic E-state index is 0.460. The van der Waals surface area contributed by atoms with Gasteiger partial charge in [-0.15, -0.1) is 0 Å². The summed E-state index contributed by atoms with van der Waals surface area (Å²) in [6, 6.07) is 9.00. The second kappa shape index (κ2) is 4.84. The Hall–Kier alpha value is -1.16. The Labute approximate surface area is 112 Å². The third kappa shape index (κ3) is 2.09. The van der Waals surface area contributed by atoms with Gasteiger partial charge in [0.15, 0.2) is 5.96 Å². The zero-order valence-electron chi connectivity index (χ0n) is 10.7. The van der Waals surface area contributed by atoms with Crippen LogP contribution < -0.4 is 10.6 Å². The van der Waals surface area contributed by atoms with Crippen molar-refractivity contribution in [1.82, 2.24) is 0 Å². The van der Waals surface area contributed by atoms with E-state index in [9.17, 15) is 0 Å². The van der Waals surface area contributed by atoms with Gasteiger partial charge >= 0.3 is 0 Å². The van der Waals surface area contributed by atoms with Gasteiger partial charge in [-0.25, -0.2) is 0 Å². The predicted molar refractivity (Wildman–Crippen MR) is 79.4 cm³/mol. The summed E-state index contributed by atoms with van der Waals surface area (Å²) in [5.74, 6) is 3.93. The van der Waals surface area contributed by atoms with E-state index >= 15 is 0 Å². The van der Waals surface area contributed by atoms with E-state index in [1.165, 1.54) is 29.2 Å². The second-order valence-corrected chi connectivity index (χ2v) is 6.25. The van der Waals surface area contributed by atoms with Crippen molar-refractivity contribution in [2.75, 3.05) is 23.0 Å². The molecule has 0 aliphatic carbocycles. The summed E-state index contributed by atoms with van der Waals surface area (Å²) in [4.78, 5) is 6.70. The number of anilines is 1. The van der Waals surface area contributed by atoms with Crippen LogP contribution in [0.5, 0.6) is 0 Å². The Balaban J connectivity index is 1.89. The largest absolute Gasteiger partial charge is 0.370 e. The molecule has 0 spiro atoms. The summed E-state index contributed by atoms with van der Waals surface area (Å²) in [6.45, 7) is 2.97. The number of thioether (sulfide) groups is 1. The lowest BCUT2D eigenvalue weighted by Crippen LogP contribution is -2.45. The highest BCUT2D eigenvalue weighted by Crippen LogP contribution is 2.33. The molecular formula is C14H19N3S. The highest BCUT2D eigenvalue weighted by Gasteiger charge is 2.35. The normalized spacial score (nSPS) is 27.6. The number of aliphatic imine (C=N–C) groups is 1. The number of rotatable bonds is 2. The molecule has 2 heterocycles. The molecule has 0 radical (unpaired) electrons. The summed E-state index contributed by atoms with van der Waals surface area (Å²) in [6.07, 6.45) is 1.29. The van der Waals surface area contributed by atoms with Crippen LogP contribution in [-0.2, 0) is 0 Å². The quantitative estimate of drug-likeness (QED) is 0.888. The Morgan fingerprint density at radius 1 is 1.44 bits per heavy atom. The summed E-state index contributed by atoms with van der Waals surface area (Å²) in [5.41, 5.74) is 8.55. The Morgan fingerprint density at radius 3 is 3.06 bits per heavy atom. The maximum absolute atomic E-state index is 6.09. The lowest BCUT2D eigenvalue weighted by molar-refractivity contribution is 0.486.